The summed E-state index contributed by atoms with van der Waals surface area (Å²) in [5, 5.41) is 0.799. The van der Waals surface area contributed by atoms with Crippen molar-refractivity contribution in [1.29, 1.82) is 0 Å². The van der Waals surface area contributed by atoms with E-state index in [1.54, 1.807) is 0 Å². The SMILES string of the molecule is Cc1ccc(-c2nc(C)c(C(=O)N3CC4CCCC4C3)s2)o1. The van der Waals surface area contributed by atoms with Crippen LogP contribution in [0.4, 0.5) is 0 Å². The second-order valence-corrected chi connectivity index (χ2v) is 7.50. The molecule has 2 aromatic rings. The van der Waals surface area contributed by atoms with E-state index in [9.17, 15) is 4.79 Å². The van der Waals surface area contributed by atoms with E-state index in [0.29, 0.717) is 0 Å². The molecule has 1 amide bonds. The smallest absolute Gasteiger partial charge is 0.265 e. The van der Waals surface area contributed by atoms with Crippen molar-refractivity contribution in [2.75, 3.05) is 13.1 Å². The fourth-order valence-corrected chi connectivity index (χ4v) is 4.79. The Balaban J connectivity index is 1.57. The summed E-state index contributed by atoms with van der Waals surface area (Å²) in [5.41, 5.74) is 0.816. The number of hydrogen-bond donors (Lipinski definition) is 0. The number of fused-ring (bicyclic) bond motifs is 1. The number of likely N-dealkylation sites (tertiary alicyclic amines) is 1. The lowest BCUT2D eigenvalue weighted by atomic mass is 10.0. The molecule has 0 radical (unpaired) electrons. The summed E-state index contributed by atoms with van der Waals surface area (Å²) < 4.78 is 5.63. The van der Waals surface area contributed by atoms with Gasteiger partial charge in [-0.05, 0) is 50.7 Å². The molecule has 22 heavy (non-hydrogen) atoms. The highest BCUT2D eigenvalue weighted by atomic mass is 32.1. The van der Waals surface area contributed by atoms with E-state index < -0.39 is 0 Å². The number of carbonyl (C=O) groups is 1. The monoisotopic (exact) mass is 316 g/mol. The molecule has 1 aliphatic carbocycles. The Kier molecular flexibility index (Phi) is 3.33. The molecule has 2 aromatic heterocycles. The van der Waals surface area contributed by atoms with Crippen LogP contribution >= 0.6 is 11.3 Å². The number of aryl methyl sites for hydroxylation is 2. The third-order valence-electron chi connectivity index (χ3n) is 4.96. The largest absolute Gasteiger partial charge is 0.459 e. The van der Waals surface area contributed by atoms with Crippen LogP contribution in [0.3, 0.4) is 0 Å². The molecule has 2 aliphatic rings. The van der Waals surface area contributed by atoms with E-state index in [0.717, 1.165) is 52.0 Å². The average molecular weight is 316 g/mol. The van der Waals surface area contributed by atoms with Crippen molar-refractivity contribution in [2.45, 2.75) is 33.1 Å². The van der Waals surface area contributed by atoms with Crippen molar-refractivity contribution in [3.63, 3.8) is 0 Å². The minimum atomic E-state index is 0.152. The van der Waals surface area contributed by atoms with Gasteiger partial charge >= 0.3 is 0 Å². The Morgan fingerprint density at radius 1 is 1.27 bits per heavy atom. The summed E-state index contributed by atoms with van der Waals surface area (Å²) >= 11 is 1.45. The van der Waals surface area contributed by atoms with Gasteiger partial charge in [0, 0.05) is 13.1 Å². The molecule has 1 saturated heterocycles. The van der Waals surface area contributed by atoms with E-state index in [-0.39, 0.29) is 5.91 Å². The molecule has 1 saturated carbocycles. The van der Waals surface area contributed by atoms with Gasteiger partial charge in [-0.3, -0.25) is 4.79 Å². The Hall–Kier alpha value is -1.62. The first-order valence-electron chi connectivity index (χ1n) is 7.95. The quantitative estimate of drug-likeness (QED) is 0.844. The van der Waals surface area contributed by atoms with Crippen molar-refractivity contribution in [2.24, 2.45) is 11.8 Å². The first kappa shape index (κ1) is 14.0. The summed E-state index contributed by atoms with van der Waals surface area (Å²) in [4.78, 5) is 20.2. The molecular formula is C17H20N2O2S. The molecule has 0 bridgehead atoms. The first-order valence-corrected chi connectivity index (χ1v) is 8.77. The molecule has 2 unspecified atom stereocenters. The lowest BCUT2D eigenvalue weighted by molar-refractivity contribution is 0.0784. The van der Waals surface area contributed by atoms with Crippen LogP contribution in [-0.4, -0.2) is 28.9 Å². The van der Waals surface area contributed by atoms with Gasteiger partial charge in [-0.2, -0.15) is 0 Å². The van der Waals surface area contributed by atoms with Crippen molar-refractivity contribution >= 4 is 17.2 Å². The number of aromatic nitrogens is 1. The molecule has 5 heteroatoms. The number of thiazole rings is 1. The molecular weight excluding hydrogens is 296 g/mol. The van der Waals surface area contributed by atoms with E-state index in [2.05, 4.69) is 4.98 Å². The third kappa shape index (κ3) is 2.28. The van der Waals surface area contributed by atoms with Crippen molar-refractivity contribution < 1.29 is 9.21 Å². The molecule has 3 heterocycles. The van der Waals surface area contributed by atoms with Crippen LogP contribution in [0, 0.1) is 25.7 Å². The summed E-state index contributed by atoms with van der Waals surface area (Å²) in [6, 6.07) is 3.84. The van der Waals surface area contributed by atoms with Crippen molar-refractivity contribution in [3.8, 4) is 10.8 Å². The zero-order valence-corrected chi connectivity index (χ0v) is 13.8. The normalized spacial score (nSPS) is 24.0. The summed E-state index contributed by atoms with van der Waals surface area (Å²) in [7, 11) is 0. The number of nitrogens with zero attached hydrogens (tertiary/aromatic N) is 2. The van der Waals surface area contributed by atoms with Gasteiger partial charge < -0.3 is 9.32 Å². The average Bonchev–Trinajstić information content (AvgIpc) is 3.19. The molecule has 0 spiro atoms. The Labute approximate surface area is 134 Å². The molecule has 4 rings (SSSR count). The van der Waals surface area contributed by atoms with E-state index in [4.69, 9.17) is 4.42 Å². The number of carbonyl (C=O) groups excluding carboxylic acids is 1. The molecule has 1 aliphatic heterocycles. The number of hydrogen-bond acceptors (Lipinski definition) is 4. The number of amides is 1. The van der Waals surface area contributed by atoms with Crippen LogP contribution in [0.2, 0.25) is 0 Å². The van der Waals surface area contributed by atoms with Gasteiger partial charge in [-0.1, -0.05) is 6.42 Å². The van der Waals surface area contributed by atoms with Gasteiger partial charge in [-0.25, -0.2) is 4.98 Å². The number of furan rings is 1. The Bertz CT molecular complexity index is 706. The van der Waals surface area contributed by atoms with Crippen LogP contribution in [0.15, 0.2) is 16.5 Å². The lowest BCUT2D eigenvalue weighted by Crippen LogP contribution is -2.29. The van der Waals surface area contributed by atoms with E-state index >= 15 is 0 Å². The topological polar surface area (TPSA) is 46.3 Å². The van der Waals surface area contributed by atoms with Crippen LogP contribution in [0.5, 0.6) is 0 Å². The maximum atomic E-state index is 12.8. The molecule has 0 N–H and O–H groups in total. The maximum Gasteiger partial charge on any atom is 0.265 e. The molecule has 116 valence electrons. The highest BCUT2D eigenvalue weighted by molar-refractivity contribution is 7.17. The standard InChI is InChI=1S/C17H20N2O2S/c1-10-6-7-14(21-10)16-18-11(2)15(22-16)17(20)19-8-12-4-3-5-13(12)9-19/h6-7,12-13H,3-5,8-9H2,1-2H3. The van der Waals surface area contributed by atoms with Gasteiger partial charge in [0.1, 0.15) is 10.6 Å². The van der Waals surface area contributed by atoms with Gasteiger partial charge in [-0.15, -0.1) is 11.3 Å². The van der Waals surface area contributed by atoms with Crippen LogP contribution in [0.25, 0.3) is 10.8 Å². The van der Waals surface area contributed by atoms with Gasteiger partial charge in [0.05, 0.1) is 5.69 Å². The van der Waals surface area contributed by atoms with Gasteiger partial charge in [0.25, 0.3) is 5.91 Å². The van der Waals surface area contributed by atoms with Crippen molar-refractivity contribution in [3.05, 3.63) is 28.5 Å². The molecule has 2 atom stereocenters. The van der Waals surface area contributed by atoms with Crippen LogP contribution in [-0.2, 0) is 0 Å². The Morgan fingerprint density at radius 3 is 2.64 bits per heavy atom. The summed E-state index contributed by atoms with van der Waals surface area (Å²) in [6.07, 6.45) is 3.90. The van der Waals surface area contributed by atoms with Gasteiger partial charge in [0.2, 0.25) is 0 Å². The Morgan fingerprint density at radius 2 is 2.00 bits per heavy atom. The van der Waals surface area contributed by atoms with Crippen LogP contribution < -0.4 is 0 Å². The second-order valence-electron chi connectivity index (χ2n) is 6.51. The summed E-state index contributed by atoms with van der Waals surface area (Å²) in [5.74, 6) is 3.22. The zero-order valence-electron chi connectivity index (χ0n) is 13.0. The highest BCUT2D eigenvalue weighted by Crippen LogP contribution is 2.39. The molecule has 0 aromatic carbocycles. The maximum absolute atomic E-state index is 12.8. The summed E-state index contributed by atoms with van der Waals surface area (Å²) in [6.45, 7) is 5.69. The van der Waals surface area contributed by atoms with Crippen LogP contribution in [0.1, 0.15) is 40.4 Å². The van der Waals surface area contributed by atoms with Gasteiger partial charge in [0.15, 0.2) is 10.8 Å². The fraction of sp³-hybridized carbons (Fsp3) is 0.529. The lowest BCUT2D eigenvalue weighted by Gasteiger charge is -2.16. The van der Waals surface area contributed by atoms with Crippen molar-refractivity contribution in [1.82, 2.24) is 9.88 Å². The number of rotatable bonds is 2. The molecule has 2 fully saturated rings. The zero-order chi connectivity index (χ0) is 15.3. The fourth-order valence-electron chi connectivity index (χ4n) is 3.79. The van der Waals surface area contributed by atoms with E-state index in [1.807, 2.05) is 30.9 Å². The highest BCUT2D eigenvalue weighted by Gasteiger charge is 2.39. The minimum Gasteiger partial charge on any atom is -0.459 e. The minimum absolute atomic E-state index is 0.152. The second kappa shape index (κ2) is 5.23. The predicted octanol–water partition coefficient (Wildman–Crippen LogP) is 3.89. The van der Waals surface area contributed by atoms with E-state index in [1.165, 1.54) is 30.6 Å². The predicted molar refractivity (Wildman–Crippen MR) is 86.0 cm³/mol. The first-order chi connectivity index (χ1) is 10.6. The third-order valence-corrected chi connectivity index (χ3v) is 6.12. The molecule has 4 nitrogen and oxygen atoms in total.